The molecule has 3 rings (SSSR count). The first-order chi connectivity index (χ1) is 13.6. The van der Waals surface area contributed by atoms with E-state index in [0.29, 0.717) is 18.4 Å². The van der Waals surface area contributed by atoms with E-state index in [2.05, 4.69) is 4.18 Å². The summed E-state index contributed by atoms with van der Waals surface area (Å²) in [6.45, 7) is 1.90. The van der Waals surface area contributed by atoms with Crippen molar-refractivity contribution in [3.05, 3.63) is 35.9 Å². The Morgan fingerprint density at radius 2 is 1.76 bits per heavy atom. The second kappa shape index (κ2) is 8.92. The zero-order valence-electron chi connectivity index (χ0n) is 15.7. The van der Waals surface area contributed by atoms with Crippen molar-refractivity contribution in [3.8, 4) is 0 Å². The van der Waals surface area contributed by atoms with Gasteiger partial charge in [-0.25, -0.2) is 4.18 Å². The molecule has 29 heavy (non-hydrogen) atoms. The molecule has 1 saturated heterocycles. The number of ether oxygens (including phenoxy) is 2. The summed E-state index contributed by atoms with van der Waals surface area (Å²) in [6.07, 6.45) is -10.4. The summed E-state index contributed by atoms with van der Waals surface area (Å²) in [4.78, 5) is 0. The van der Waals surface area contributed by atoms with E-state index in [4.69, 9.17) is 14.0 Å². The maximum atomic E-state index is 11.2. The molecule has 9 atom stereocenters. The fraction of sp³-hybridized carbons (Fsp3) is 0.667. The van der Waals surface area contributed by atoms with Crippen molar-refractivity contribution in [3.63, 3.8) is 0 Å². The molecule has 0 bridgehead atoms. The van der Waals surface area contributed by atoms with Crippen molar-refractivity contribution in [1.29, 1.82) is 0 Å². The molecule has 1 saturated carbocycles. The number of benzene rings is 1. The Morgan fingerprint density at radius 1 is 1.10 bits per heavy atom. The molecule has 1 aliphatic heterocycles. The fourth-order valence-electron chi connectivity index (χ4n) is 3.85. The molecule has 2 aliphatic rings. The minimum atomic E-state index is -5.02. The van der Waals surface area contributed by atoms with Crippen molar-refractivity contribution >= 4 is 10.4 Å². The molecule has 0 radical (unpaired) electrons. The van der Waals surface area contributed by atoms with Gasteiger partial charge in [-0.3, -0.25) is 4.55 Å². The van der Waals surface area contributed by atoms with E-state index in [-0.39, 0.29) is 5.92 Å². The topological polar surface area (TPSA) is 163 Å². The van der Waals surface area contributed by atoms with E-state index in [9.17, 15) is 28.8 Å². The van der Waals surface area contributed by atoms with Crippen LogP contribution in [0.3, 0.4) is 0 Å². The molecular weight excluding hydrogens is 408 g/mol. The first kappa shape index (κ1) is 22.5. The number of aliphatic hydroxyl groups excluding tert-OH is 4. The molecule has 0 spiro atoms. The van der Waals surface area contributed by atoms with Crippen LogP contribution in [0.4, 0.5) is 0 Å². The standard InChI is InChI=1S/C18H26O10S/c1-9-7-11(19)12(8-9)26-18-17(28-29(23,24)25)15(22)14(21)16(27-18)13(20)10-5-3-2-4-6-10/h2-6,9,11-22H,7-8H2,1H3,(H,23,24,25)/t9?,11-,12?,13+,14?,15?,16?,17?,18?/m1/s1. The Morgan fingerprint density at radius 3 is 2.31 bits per heavy atom. The molecule has 1 heterocycles. The van der Waals surface area contributed by atoms with Crippen molar-refractivity contribution in [2.24, 2.45) is 5.92 Å². The molecule has 1 aromatic rings. The highest BCUT2D eigenvalue weighted by Crippen LogP contribution is 2.35. The van der Waals surface area contributed by atoms with E-state index in [1.807, 2.05) is 6.92 Å². The zero-order valence-corrected chi connectivity index (χ0v) is 16.5. The van der Waals surface area contributed by atoms with Crippen LogP contribution in [-0.4, -0.2) is 76.3 Å². The highest BCUT2D eigenvalue weighted by atomic mass is 32.3. The average molecular weight is 434 g/mol. The van der Waals surface area contributed by atoms with Gasteiger partial charge < -0.3 is 29.9 Å². The number of aliphatic hydroxyl groups is 4. The minimum Gasteiger partial charge on any atom is -0.390 e. The van der Waals surface area contributed by atoms with Crippen LogP contribution >= 0.6 is 0 Å². The average Bonchev–Trinajstić information content (AvgIpc) is 2.97. The third kappa shape index (κ3) is 5.32. The molecule has 2 fully saturated rings. The molecule has 11 heteroatoms. The zero-order chi connectivity index (χ0) is 21.3. The largest absolute Gasteiger partial charge is 0.397 e. The molecule has 0 amide bonds. The van der Waals surface area contributed by atoms with Gasteiger partial charge in [0.25, 0.3) is 0 Å². The van der Waals surface area contributed by atoms with Gasteiger partial charge in [-0.2, -0.15) is 8.42 Å². The second-order valence-electron chi connectivity index (χ2n) is 7.61. The van der Waals surface area contributed by atoms with Crippen LogP contribution in [0.15, 0.2) is 30.3 Å². The van der Waals surface area contributed by atoms with Gasteiger partial charge in [-0.1, -0.05) is 37.3 Å². The van der Waals surface area contributed by atoms with Gasteiger partial charge in [0.1, 0.15) is 24.4 Å². The maximum Gasteiger partial charge on any atom is 0.397 e. The quantitative estimate of drug-likeness (QED) is 0.370. The third-order valence-electron chi connectivity index (χ3n) is 5.28. The smallest absolute Gasteiger partial charge is 0.390 e. The van der Waals surface area contributed by atoms with Gasteiger partial charge in [0.2, 0.25) is 0 Å². The molecule has 7 unspecified atom stereocenters. The summed E-state index contributed by atoms with van der Waals surface area (Å²) in [5, 5.41) is 41.6. The van der Waals surface area contributed by atoms with Crippen LogP contribution in [0.2, 0.25) is 0 Å². The van der Waals surface area contributed by atoms with Crippen molar-refractivity contribution < 1.29 is 47.1 Å². The van der Waals surface area contributed by atoms with Crippen molar-refractivity contribution in [1.82, 2.24) is 0 Å². The van der Waals surface area contributed by atoms with Crippen LogP contribution in [-0.2, 0) is 24.1 Å². The Labute approximate surface area is 168 Å². The predicted molar refractivity (Wildman–Crippen MR) is 97.8 cm³/mol. The van der Waals surface area contributed by atoms with Crippen molar-refractivity contribution in [2.75, 3.05) is 0 Å². The van der Waals surface area contributed by atoms with E-state index in [1.54, 1.807) is 30.3 Å². The van der Waals surface area contributed by atoms with Crippen LogP contribution in [0.5, 0.6) is 0 Å². The van der Waals surface area contributed by atoms with Gasteiger partial charge in [0.15, 0.2) is 12.4 Å². The molecule has 1 aromatic carbocycles. The second-order valence-corrected chi connectivity index (χ2v) is 8.66. The van der Waals surface area contributed by atoms with Gasteiger partial charge in [0, 0.05) is 0 Å². The molecule has 164 valence electrons. The molecule has 0 aromatic heterocycles. The van der Waals surface area contributed by atoms with Crippen LogP contribution < -0.4 is 0 Å². The summed E-state index contributed by atoms with van der Waals surface area (Å²) in [5.74, 6) is 0.140. The van der Waals surface area contributed by atoms with Crippen molar-refractivity contribution in [2.45, 2.75) is 68.8 Å². The molecular formula is C18H26O10S. The minimum absolute atomic E-state index is 0.140. The third-order valence-corrected chi connectivity index (χ3v) is 5.75. The first-order valence-corrected chi connectivity index (χ1v) is 10.7. The summed E-state index contributed by atoms with van der Waals surface area (Å²) in [6, 6.07) is 8.24. The lowest BCUT2D eigenvalue weighted by molar-refractivity contribution is -0.319. The Bertz CT molecular complexity index is 772. The number of hydrogen-bond donors (Lipinski definition) is 5. The van der Waals surface area contributed by atoms with Crippen LogP contribution in [0.25, 0.3) is 0 Å². The van der Waals surface area contributed by atoms with Gasteiger partial charge in [0.05, 0.1) is 12.2 Å². The highest BCUT2D eigenvalue weighted by molar-refractivity contribution is 7.80. The van der Waals surface area contributed by atoms with E-state index in [0.717, 1.165) is 0 Å². The number of rotatable bonds is 6. The molecule has 10 nitrogen and oxygen atoms in total. The summed E-state index contributed by atoms with van der Waals surface area (Å²) in [5.41, 5.74) is 0.395. The van der Waals surface area contributed by atoms with E-state index >= 15 is 0 Å². The van der Waals surface area contributed by atoms with Crippen LogP contribution in [0, 0.1) is 5.92 Å². The Kier molecular flexibility index (Phi) is 6.93. The molecule has 1 aliphatic carbocycles. The summed E-state index contributed by atoms with van der Waals surface area (Å²) in [7, 11) is -5.02. The Hall–Kier alpha value is -1.15. The highest BCUT2D eigenvalue weighted by Gasteiger charge is 2.51. The lowest BCUT2D eigenvalue weighted by atomic mass is 9.92. The maximum absolute atomic E-state index is 11.2. The lowest BCUT2D eigenvalue weighted by Gasteiger charge is -2.43. The Balaban J connectivity index is 1.85. The van der Waals surface area contributed by atoms with Gasteiger partial charge in [-0.15, -0.1) is 0 Å². The monoisotopic (exact) mass is 434 g/mol. The SMILES string of the molecule is CC1CC(OC2OC([C@@H](O)c3ccccc3)C(O)C(O)C2OS(=O)(=O)O)[C@H](O)C1. The van der Waals surface area contributed by atoms with Crippen LogP contribution in [0.1, 0.15) is 31.4 Å². The first-order valence-electron chi connectivity index (χ1n) is 9.30. The summed E-state index contributed by atoms with van der Waals surface area (Å²) >= 11 is 0. The summed E-state index contributed by atoms with van der Waals surface area (Å²) < 4.78 is 47.2. The van der Waals surface area contributed by atoms with E-state index in [1.165, 1.54) is 0 Å². The van der Waals surface area contributed by atoms with Gasteiger partial charge in [-0.05, 0) is 24.3 Å². The normalized spacial score (nSPS) is 39.4. The lowest BCUT2D eigenvalue weighted by Crippen LogP contribution is -2.61. The number of hydrogen-bond acceptors (Lipinski definition) is 9. The molecule has 5 N–H and O–H groups in total. The predicted octanol–water partition coefficient (Wildman–Crippen LogP) is -0.469. The van der Waals surface area contributed by atoms with E-state index < -0.39 is 59.4 Å². The fourth-order valence-corrected chi connectivity index (χ4v) is 4.33. The van der Waals surface area contributed by atoms with Gasteiger partial charge >= 0.3 is 10.4 Å².